The Balaban J connectivity index is 1.81. The predicted molar refractivity (Wildman–Crippen MR) is 95.0 cm³/mol. The average molecular weight is 365 g/mol. The molecule has 2 aromatic rings. The van der Waals surface area contributed by atoms with Gasteiger partial charge in [-0.05, 0) is 47.9 Å². The van der Waals surface area contributed by atoms with E-state index in [0.717, 1.165) is 11.1 Å². The summed E-state index contributed by atoms with van der Waals surface area (Å²) in [6.07, 6.45) is 3.74. The van der Waals surface area contributed by atoms with Crippen LogP contribution in [0.15, 0.2) is 59.5 Å². The second-order valence-corrected chi connectivity index (χ2v) is 7.11. The number of primary sulfonamides is 1. The molecule has 0 radical (unpaired) electrons. The molecule has 0 heterocycles. The molecule has 2 aromatic carbocycles. The quantitative estimate of drug-likeness (QED) is 0.771. The summed E-state index contributed by atoms with van der Waals surface area (Å²) in [5.74, 6) is -0.203. The van der Waals surface area contributed by atoms with Gasteiger partial charge in [-0.3, -0.25) is 4.79 Å². The largest absolute Gasteiger partial charge is 0.352 e. The maximum Gasteiger partial charge on any atom is 0.244 e. The summed E-state index contributed by atoms with van der Waals surface area (Å²) in [5, 5.41) is 8.44. The standard InChI is InChI=1S/C17H17ClN2O3S/c18-15-6-1-13(2-7-15)5-10-17(21)20-12-11-14-3-8-16(9-4-14)24(19,22)23/h1-10H,11-12H2,(H,20,21)(H2,19,22,23). The van der Waals surface area contributed by atoms with Gasteiger partial charge in [0.25, 0.3) is 0 Å². The number of carbonyl (C=O) groups is 1. The van der Waals surface area contributed by atoms with Gasteiger partial charge in [-0.25, -0.2) is 13.6 Å². The Morgan fingerprint density at radius 3 is 2.29 bits per heavy atom. The SMILES string of the molecule is NS(=O)(=O)c1ccc(CCNC(=O)C=Cc2ccc(Cl)cc2)cc1. The lowest BCUT2D eigenvalue weighted by Gasteiger charge is -2.04. The summed E-state index contributed by atoms with van der Waals surface area (Å²) in [6, 6.07) is 13.4. The molecule has 0 atom stereocenters. The van der Waals surface area contributed by atoms with Crippen molar-refractivity contribution in [3.63, 3.8) is 0 Å². The van der Waals surface area contributed by atoms with E-state index in [9.17, 15) is 13.2 Å². The van der Waals surface area contributed by atoms with Gasteiger partial charge in [0.05, 0.1) is 4.90 Å². The summed E-state index contributed by atoms with van der Waals surface area (Å²) in [7, 11) is -3.68. The monoisotopic (exact) mass is 364 g/mol. The highest BCUT2D eigenvalue weighted by atomic mass is 35.5. The molecule has 1 amide bonds. The number of amides is 1. The zero-order chi connectivity index (χ0) is 17.6. The molecule has 126 valence electrons. The number of carbonyl (C=O) groups excluding carboxylic acids is 1. The molecule has 0 spiro atoms. The van der Waals surface area contributed by atoms with Crippen molar-refractivity contribution in [1.82, 2.24) is 5.32 Å². The molecule has 0 saturated carbocycles. The Hall–Kier alpha value is -2.15. The van der Waals surface area contributed by atoms with Gasteiger partial charge in [-0.2, -0.15) is 0 Å². The lowest BCUT2D eigenvalue weighted by Crippen LogP contribution is -2.23. The van der Waals surface area contributed by atoms with Crippen LogP contribution in [0.3, 0.4) is 0 Å². The van der Waals surface area contributed by atoms with Crippen molar-refractivity contribution in [3.8, 4) is 0 Å². The first-order valence-corrected chi connectivity index (χ1v) is 9.10. The van der Waals surface area contributed by atoms with Crippen molar-refractivity contribution in [1.29, 1.82) is 0 Å². The highest BCUT2D eigenvalue weighted by Crippen LogP contribution is 2.11. The van der Waals surface area contributed by atoms with Crippen LogP contribution in [-0.2, 0) is 21.2 Å². The third kappa shape index (κ3) is 5.81. The minimum Gasteiger partial charge on any atom is -0.352 e. The van der Waals surface area contributed by atoms with Gasteiger partial charge in [-0.1, -0.05) is 35.9 Å². The van der Waals surface area contributed by atoms with E-state index in [-0.39, 0.29) is 10.8 Å². The maximum absolute atomic E-state index is 11.7. The molecule has 0 aliphatic heterocycles. The van der Waals surface area contributed by atoms with Crippen molar-refractivity contribution in [3.05, 3.63) is 70.8 Å². The molecule has 5 nitrogen and oxygen atoms in total. The number of nitrogens with two attached hydrogens (primary N) is 1. The van der Waals surface area contributed by atoms with Gasteiger partial charge >= 0.3 is 0 Å². The van der Waals surface area contributed by atoms with Crippen molar-refractivity contribution in [2.24, 2.45) is 5.14 Å². The Morgan fingerprint density at radius 2 is 1.71 bits per heavy atom. The highest BCUT2D eigenvalue weighted by molar-refractivity contribution is 7.89. The Bertz CT molecular complexity index is 829. The summed E-state index contributed by atoms with van der Waals surface area (Å²) in [4.78, 5) is 11.8. The van der Waals surface area contributed by atoms with Crippen LogP contribution in [0.5, 0.6) is 0 Å². The van der Waals surface area contributed by atoms with Crippen LogP contribution in [0.1, 0.15) is 11.1 Å². The third-order valence-electron chi connectivity index (χ3n) is 3.26. The van der Waals surface area contributed by atoms with Crippen molar-refractivity contribution >= 4 is 33.6 Å². The summed E-state index contributed by atoms with van der Waals surface area (Å²) < 4.78 is 22.3. The van der Waals surface area contributed by atoms with Crippen LogP contribution in [-0.4, -0.2) is 20.9 Å². The van der Waals surface area contributed by atoms with E-state index in [4.69, 9.17) is 16.7 Å². The van der Waals surface area contributed by atoms with Gasteiger partial charge in [0.15, 0.2) is 0 Å². The molecular weight excluding hydrogens is 348 g/mol. The van der Waals surface area contributed by atoms with Gasteiger partial charge in [-0.15, -0.1) is 0 Å². The number of rotatable bonds is 6. The molecule has 0 aliphatic carbocycles. The summed E-state index contributed by atoms with van der Waals surface area (Å²) >= 11 is 5.79. The molecule has 0 unspecified atom stereocenters. The third-order valence-corrected chi connectivity index (χ3v) is 4.44. The minimum absolute atomic E-state index is 0.0705. The molecule has 7 heteroatoms. The Morgan fingerprint density at radius 1 is 1.08 bits per heavy atom. The average Bonchev–Trinajstić information content (AvgIpc) is 2.54. The van der Waals surface area contributed by atoms with E-state index in [2.05, 4.69) is 5.32 Å². The lowest BCUT2D eigenvalue weighted by molar-refractivity contribution is -0.116. The Kier molecular flexibility index (Phi) is 6.14. The molecule has 0 fully saturated rings. The smallest absolute Gasteiger partial charge is 0.244 e. The normalized spacial score (nSPS) is 11.6. The Labute approximate surface area is 146 Å². The first kappa shape index (κ1) is 18.2. The zero-order valence-electron chi connectivity index (χ0n) is 12.8. The second-order valence-electron chi connectivity index (χ2n) is 5.11. The van der Waals surface area contributed by atoms with Crippen molar-refractivity contribution in [2.75, 3.05) is 6.54 Å². The molecule has 24 heavy (non-hydrogen) atoms. The van der Waals surface area contributed by atoms with Crippen LogP contribution >= 0.6 is 11.6 Å². The van der Waals surface area contributed by atoms with Crippen LogP contribution in [0.4, 0.5) is 0 Å². The zero-order valence-corrected chi connectivity index (χ0v) is 14.3. The molecular formula is C17H17ClN2O3S. The summed E-state index contributed by atoms with van der Waals surface area (Å²) in [6.45, 7) is 0.443. The van der Waals surface area contributed by atoms with E-state index in [1.54, 1.807) is 30.3 Å². The second kappa shape index (κ2) is 8.10. The van der Waals surface area contributed by atoms with E-state index in [1.807, 2.05) is 12.1 Å². The van der Waals surface area contributed by atoms with Crippen LogP contribution in [0.25, 0.3) is 6.08 Å². The van der Waals surface area contributed by atoms with Gasteiger partial charge in [0.2, 0.25) is 15.9 Å². The van der Waals surface area contributed by atoms with Crippen molar-refractivity contribution < 1.29 is 13.2 Å². The van der Waals surface area contributed by atoms with Crippen molar-refractivity contribution in [2.45, 2.75) is 11.3 Å². The molecule has 0 bridgehead atoms. The lowest BCUT2D eigenvalue weighted by atomic mass is 10.1. The van der Waals surface area contributed by atoms with Gasteiger partial charge < -0.3 is 5.32 Å². The van der Waals surface area contributed by atoms with Crippen LogP contribution in [0, 0.1) is 0 Å². The number of sulfonamides is 1. The van der Waals surface area contributed by atoms with E-state index >= 15 is 0 Å². The molecule has 0 aliphatic rings. The maximum atomic E-state index is 11.7. The van der Waals surface area contributed by atoms with E-state index < -0.39 is 10.0 Å². The first-order chi connectivity index (χ1) is 11.3. The van der Waals surface area contributed by atoms with E-state index in [0.29, 0.717) is 18.0 Å². The van der Waals surface area contributed by atoms with Gasteiger partial charge in [0, 0.05) is 17.6 Å². The summed E-state index contributed by atoms with van der Waals surface area (Å²) in [5.41, 5.74) is 1.79. The number of hydrogen-bond donors (Lipinski definition) is 2. The molecule has 0 aromatic heterocycles. The minimum atomic E-state index is -3.68. The number of benzene rings is 2. The molecule has 2 rings (SSSR count). The topological polar surface area (TPSA) is 89.3 Å². The van der Waals surface area contributed by atoms with Gasteiger partial charge in [0.1, 0.15) is 0 Å². The fraction of sp³-hybridized carbons (Fsp3) is 0.118. The fourth-order valence-corrected chi connectivity index (χ4v) is 2.62. The number of halogens is 1. The number of hydrogen-bond acceptors (Lipinski definition) is 3. The molecule has 0 saturated heterocycles. The van der Waals surface area contributed by atoms with E-state index in [1.165, 1.54) is 18.2 Å². The fourth-order valence-electron chi connectivity index (χ4n) is 1.98. The highest BCUT2D eigenvalue weighted by Gasteiger charge is 2.06. The number of nitrogens with one attached hydrogen (secondary N) is 1. The molecule has 3 N–H and O–H groups in total. The predicted octanol–water partition coefficient (Wildman–Crippen LogP) is 2.36. The van der Waals surface area contributed by atoms with Crippen LogP contribution < -0.4 is 10.5 Å². The first-order valence-electron chi connectivity index (χ1n) is 7.18. The van der Waals surface area contributed by atoms with Crippen LogP contribution in [0.2, 0.25) is 5.02 Å².